The minimum Gasteiger partial charge on any atom is -1.00 e. The molecule has 0 spiro atoms. The first-order valence-electron chi connectivity index (χ1n) is 3.13. The van der Waals surface area contributed by atoms with Crippen molar-refractivity contribution in [2.75, 3.05) is 0 Å². The summed E-state index contributed by atoms with van der Waals surface area (Å²) in [7, 11) is 0. The molecule has 0 aromatic rings. The molecule has 0 heterocycles. The van der Waals surface area contributed by atoms with E-state index in [1.807, 2.05) is 0 Å². The van der Waals surface area contributed by atoms with Crippen molar-refractivity contribution in [2.45, 2.75) is 25.7 Å². The Labute approximate surface area is 56.4 Å². The van der Waals surface area contributed by atoms with E-state index in [-0.39, 0.29) is 12.4 Å². The van der Waals surface area contributed by atoms with E-state index in [1.165, 1.54) is 25.7 Å². The highest BCUT2D eigenvalue weighted by Gasteiger charge is 2.22. The van der Waals surface area contributed by atoms with Crippen LogP contribution in [0, 0.1) is 5.92 Å². The Morgan fingerprint density at radius 2 is 2.38 bits per heavy atom. The maximum atomic E-state index is 2.42. The van der Waals surface area contributed by atoms with Crippen LogP contribution < -0.4 is 12.4 Å². The van der Waals surface area contributed by atoms with Gasteiger partial charge in [-0.2, -0.15) is 0 Å². The summed E-state index contributed by atoms with van der Waals surface area (Å²) < 4.78 is 0. The second-order valence-corrected chi connectivity index (χ2v) is 2.71. The molecule has 0 nitrogen and oxygen atoms in total. The lowest BCUT2D eigenvalue weighted by atomic mass is 10.1. The second-order valence-electron chi connectivity index (χ2n) is 2.71. The summed E-state index contributed by atoms with van der Waals surface area (Å²) in [5, 5.41) is 0. The Morgan fingerprint density at radius 3 is 2.50 bits per heavy atom. The quantitative estimate of drug-likeness (QED) is 0.373. The average Bonchev–Trinajstić information content (AvgIpc) is 2.22. The van der Waals surface area contributed by atoms with Gasteiger partial charge in [0, 0.05) is 0 Å². The van der Waals surface area contributed by atoms with Crippen LogP contribution >= 0.6 is 0 Å². The first-order chi connectivity index (χ1) is 3.45. The summed E-state index contributed by atoms with van der Waals surface area (Å²) in [4.78, 5) is 0. The smallest absolute Gasteiger partial charge is 0.0289 e. The summed E-state index contributed by atoms with van der Waals surface area (Å²) in [6.45, 7) is 0. The van der Waals surface area contributed by atoms with Crippen molar-refractivity contribution in [2.24, 2.45) is 5.92 Å². The van der Waals surface area contributed by atoms with Crippen molar-refractivity contribution in [3.8, 4) is 0 Å². The topological polar surface area (TPSA) is 0 Å². The lowest BCUT2D eigenvalue weighted by Gasteiger charge is -1.98. The van der Waals surface area contributed by atoms with Gasteiger partial charge in [-0.05, 0) is 31.6 Å². The highest BCUT2D eigenvalue weighted by Crippen LogP contribution is 2.38. The molecule has 1 unspecified atom stereocenters. The number of hydrogen-bond donors (Lipinski definition) is 0. The normalized spacial score (nSPS) is 32.0. The zero-order valence-corrected chi connectivity index (χ0v) is 5.62. The summed E-state index contributed by atoms with van der Waals surface area (Å²) >= 11 is 0. The predicted octanol–water partition coefficient (Wildman–Crippen LogP) is -0.879. The standard InChI is InChI=1S/C7H10.ClH/c1-2-7-4-3-6(1)5-7;/h1,7H,2-5H2;1H/p-1. The van der Waals surface area contributed by atoms with Gasteiger partial charge < -0.3 is 12.4 Å². The van der Waals surface area contributed by atoms with Crippen molar-refractivity contribution in [3.05, 3.63) is 11.6 Å². The molecular formula is C7H10Cl-. The molecule has 1 fully saturated rings. The van der Waals surface area contributed by atoms with Crippen LogP contribution in [-0.2, 0) is 0 Å². The predicted molar refractivity (Wildman–Crippen MR) is 30.0 cm³/mol. The maximum absolute atomic E-state index is 2.42. The largest absolute Gasteiger partial charge is 1.00 e. The Balaban J connectivity index is 0.000000320. The van der Waals surface area contributed by atoms with Gasteiger partial charge in [0.2, 0.25) is 0 Å². The number of hydrogen-bond acceptors (Lipinski definition) is 0. The highest BCUT2D eigenvalue weighted by atomic mass is 35.5. The van der Waals surface area contributed by atoms with Crippen molar-refractivity contribution >= 4 is 0 Å². The molecule has 0 aromatic heterocycles. The number of fused-ring (bicyclic) bond motifs is 2. The summed E-state index contributed by atoms with van der Waals surface area (Å²) in [6.07, 6.45) is 8.18. The van der Waals surface area contributed by atoms with Crippen molar-refractivity contribution in [1.29, 1.82) is 0 Å². The van der Waals surface area contributed by atoms with Crippen molar-refractivity contribution in [3.63, 3.8) is 0 Å². The molecule has 0 radical (unpaired) electrons. The second kappa shape index (κ2) is 2.10. The molecule has 2 bridgehead atoms. The zero-order chi connectivity index (χ0) is 4.69. The maximum Gasteiger partial charge on any atom is -0.0289 e. The van der Waals surface area contributed by atoms with Gasteiger partial charge in [-0.3, -0.25) is 0 Å². The van der Waals surface area contributed by atoms with Crippen LogP contribution in [0.1, 0.15) is 25.7 Å². The molecule has 0 N–H and O–H groups in total. The van der Waals surface area contributed by atoms with Gasteiger partial charge in [0.1, 0.15) is 0 Å². The van der Waals surface area contributed by atoms with Crippen LogP contribution in [0.15, 0.2) is 11.6 Å². The van der Waals surface area contributed by atoms with Gasteiger partial charge in [-0.1, -0.05) is 11.6 Å². The molecule has 0 aliphatic heterocycles. The molecule has 0 saturated heterocycles. The van der Waals surface area contributed by atoms with Crippen molar-refractivity contribution in [1.82, 2.24) is 0 Å². The third-order valence-corrected chi connectivity index (χ3v) is 2.16. The fourth-order valence-electron chi connectivity index (χ4n) is 1.68. The monoisotopic (exact) mass is 129 g/mol. The number of allylic oxidation sites excluding steroid dienone is 2. The zero-order valence-electron chi connectivity index (χ0n) is 4.86. The van der Waals surface area contributed by atoms with Gasteiger partial charge in [-0.25, -0.2) is 0 Å². The molecule has 46 valence electrons. The van der Waals surface area contributed by atoms with Gasteiger partial charge in [0.05, 0.1) is 0 Å². The van der Waals surface area contributed by atoms with E-state index in [0.29, 0.717) is 0 Å². The number of rotatable bonds is 0. The van der Waals surface area contributed by atoms with E-state index in [0.717, 1.165) is 5.92 Å². The van der Waals surface area contributed by atoms with Gasteiger partial charge in [0.25, 0.3) is 0 Å². The van der Waals surface area contributed by atoms with Crippen LogP contribution in [0.3, 0.4) is 0 Å². The van der Waals surface area contributed by atoms with Gasteiger partial charge in [-0.15, -0.1) is 0 Å². The lowest BCUT2D eigenvalue weighted by molar-refractivity contribution is -0.00000150. The van der Waals surface area contributed by atoms with E-state index >= 15 is 0 Å². The molecular weight excluding hydrogens is 120 g/mol. The van der Waals surface area contributed by atoms with E-state index in [4.69, 9.17) is 0 Å². The first-order valence-corrected chi connectivity index (χ1v) is 3.13. The van der Waals surface area contributed by atoms with Gasteiger partial charge in [0.15, 0.2) is 0 Å². The third kappa shape index (κ3) is 0.775. The van der Waals surface area contributed by atoms with E-state index in [9.17, 15) is 0 Å². The Kier molecular flexibility index (Phi) is 1.62. The van der Waals surface area contributed by atoms with E-state index < -0.39 is 0 Å². The fraction of sp³-hybridized carbons (Fsp3) is 0.714. The molecule has 2 aliphatic rings. The Bertz CT molecular complexity index is 116. The Hall–Kier alpha value is 0.0300. The summed E-state index contributed by atoms with van der Waals surface area (Å²) in [6, 6.07) is 0. The van der Waals surface area contributed by atoms with Crippen LogP contribution in [0.5, 0.6) is 0 Å². The first kappa shape index (κ1) is 6.15. The van der Waals surface area contributed by atoms with Gasteiger partial charge >= 0.3 is 0 Å². The summed E-state index contributed by atoms with van der Waals surface area (Å²) in [5.41, 5.74) is 1.74. The highest BCUT2D eigenvalue weighted by molar-refractivity contribution is 5.15. The summed E-state index contributed by atoms with van der Waals surface area (Å²) in [5.74, 6) is 1.08. The molecule has 0 amide bonds. The lowest BCUT2D eigenvalue weighted by Crippen LogP contribution is -3.00. The van der Waals surface area contributed by atoms with Crippen LogP contribution in [-0.4, -0.2) is 0 Å². The van der Waals surface area contributed by atoms with Crippen LogP contribution in [0.4, 0.5) is 0 Å². The molecule has 1 atom stereocenters. The third-order valence-electron chi connectivity index (χ3n) is 2.16. The Morgan fingerprint density at radius 1 is 1.50 bits per heavy atom. The molecule has 8 heavy (non-hydrogen) atoms. The minimum atomic E-state index is 0. The molecule has 0 aromatic carbocycles. The SMILES string of the molecule is C1=C2CCC(C1)C2.[Cl-]. The number of halogens is 1. The van der Waals surface area contributed by atoms with E-state index in [1.54, 1.807) is 5.57 Å². The average molecular weight is 130 g/mol. The van der Waals surface area contributed by atoms with E-state index in [2.05, 4.69) is 6.08 Å². The molecule has 1 heteroatoms. The minimum absolute atomic E-state index is 0. The van der Waals surface area contributed by atoms with Crippen molar-refractivity contribution < 1.29 is 12.4 Å². The van der Waals surface area contributed by atoms with Crippen LogP contribution in [0.2, 0.25) is 0 Å². The molecule has 2 aliphatic carbocycles. The van der Waals surface area contributed by atoms with Crippen LogP contribution in [0.25, 0.3) is 0 Å². The molecule has 2 rings (SSSR count). The fourth-order valence-corrected chi connectivity index (χ4v) is 1.68. The molecule has 1 saturated carbocycles.